The first-order chi connectivity index (χ1) is 17.0. The minimum Gasteiger partial charge on any atom is -0.490 e. The van der Waals surface area contributed by atoms with Crippen molar-refractivity contribution in [3.8, 4) is 16.9 Å². The van der Waals surface area contributed by atoms with Crippen LogP contribution in [0, 0.1) is 17.0 Å². The standard InChI is InChI=1S/C28H33N2O5/c1-21(27-7-6-15-35-27)17-22-8-9-23(24-10-11-26(30(31)32)28(19-24)33-2)18-25(22)20-34-16-14-29-12-4-3-5-13-29/h6-11,15,18-19,21H,1,3-5,12-14,16-17,20H2,2H3. The highest BCUT2D eigenvalue weighted by Gasteiger charge is 2.17. The fourth-order valence-electron chi connectivity index (χ4n) is 4.60. The Kier molecular flexibility index (Phi) is 8.55. The summed E-state index contributed by atoms with van der Waals surface area (Å²) in [4.78, 5) is 13.3. The van der Waals surface area contributed by atoms with Crippen molar-refractivity contribution >= 4 is 5.69 Å². The molecular weight excluding hydrogens is 444 g/mol. The van der Waals surface area contributed by atoms with Crippen LogP contribution < -0.4 is 4.74 Å². The van der Waals surface area contributed by atoms with Crippen LogP contribution in [0.3, 0.4) is 0 Å². The number of rotatable bonds is 11. The van der Waals surface area contributed by atoms with Crippen molar-refractivity contribution in [3.05, 3.63) is 88.7 Å². The maximum atomic E-state index is 11.3. The largest absolute Gasteiger partial charge is 0.490 e. The molecule has 1 atom stereocenters. The van der Waals surface area contributed by atoms with Crippen LogP contribution in [0.2, 0.25) is 0 Å². The third-order valence-electron chi connectivity index (χ3n) is 6.59. The Hall–Kier alpha value is -3.16. The second-order valence-corrected chi connectivity index (χ2v) is 9.00. The molecule has 1 aliphatic heterocycles. The fourth-order valence-corrected chi connectivity index (χ4v) is 4.60. The maximum absolute atomic E-state index is 11.3. The van der Waals surface area contributed by atoms with Crippen molar-refractivity contribution in [1.29, 1.82) is 0 Å². The molecule has 0 bridgehead atoms. The summed E-state index contributed by atoms with van der Waals surface area (Å²) >= 11 is 0. The van der Waals surface area contributed by atoms with Gasteiger partial charge in [-0.05, 0) is 91.9 Å². The number of nitrogens with zero attached hydrogens (tertiary/aromatic N) is 2. The fraction of sp³-hybridized carbons (Fsp3) is 0.393. The highest BCUT2D eigenvalue weighted by Crippen LogP contribution is 2.34. The normalized spacial score (nSPS) is 15.1. The van der Waals surface area contributed by atoms with E-state index in [4.69, 9.17) is 13.9 Å². The Labute approximate surface area is 206 Å². The topological polar surface area (TPSA) is 78.0 Å². The van der Waals surface area contributed by atoms with Crippen molar-refractivity contribution in [2.75, 3.05) is 33.4 Å². The van der Waals surface area contributed by atoms with Gasteiger partial charge in [-0.25, -0.2) is 0 Å². The molecule has 2 heterocycles. The first-order valence-electron chi connectivity index (χ1n) is 12.2. The van der Waals surface area contributed by atoms with E-state index in [1.165, 1.54) is 32.4 Å². The molecule has 1 aliphatic rings. The molecule has 185 valence electrons. The van der Waals surface area contributed by atoms with Crippen LogP contribution in [0.5, 0.6) is 5.75 Å². The number of furan rings is 1. The number of methoxy groups -OCH3 is 1. The smallest absolute Gasteiger partial charge is 0.310 e. The van der Waals surface area contributed by atoms with Gasteiger partial charge >= 0.3 is 5.69 Å². The van der Waals surface area contributed by atoms with Gasteiger partial charge in [0.25, 0.3) is 0 Å². The van der Waals surface area contributed by atoms with E-state index in [9.17, 15) is 10.1 Å². The monoisotopic (exact) mass is 477 g/mol. The maximum Gasteiger partial charge on any atom is 0.310 e. The molecule has 35 heavy (non-hydrogen) atoms. The summed E-state index contributed by atoms with van der Waals surface area (Å²) in [7, 11) is 1.44. The first-order valence-corrected chi connectivity index (χ1v) is 12.2. The van der Waals surface area contributed by atoms with Crippen molar-refractivity contribution in [2.45, 2.75) is 38.2 Å². The molecule has 1 radical (unpaired) electrons. The summed E-state index contributed by atoms with van der Waals surface area (Å²) in [6.07, 6.45) is 6.25. The highest BCUT2D eigenvalue weighted by atomic mass is 16.6. The number of nitro benzene ring substituents is 1. The minimum absolute atomic E-state index is 0.0116. The predicted molar refractivity (Wildman–Crippen MR) is 136 cm³/mol. The second kappa shape index (κ2) is 12.0. The zero-order valence-corrected chi connectivity index (χ0v) is 20.3. The van der Waals surface area contributed by atoms with E-state index in [2.05, 4.69) is 24.0 Å². The molecule has 0 aliphatic carbocycles. The lowest BCUT2D eigenvalue weighted by atomic mass is 9.92. The molecule has 0 N–H and O–H groups in total. The number of hydrogen-bond acceptors (Lipinski definition) is 6. The number of ether oxygens (including phenoxy) is 2. The number of benzene rings is 2. The van der Waals surface area contributed by atoms with Crippen LogP contribution in [0.4, 0.5) is 5.69 Å². The van der Waals surface area contributed by atoms with Crippen LogP contribution in [-0.2, 0) is 17.8 Å². The van der Waals surface area contributed by atoms with Gasteiger partial charge in [0.2, 0.25) is 0 Å². The van der Waals surface area contributed by atoms with Crippen molar-refractivity contribution in [2.24, 2.45) is 0 Å². The number of piperidine rings is 1. The van der Waals surface area contributed by atoms with E-state index in [0.717, 1.165) is 54.1 Å². The Bertz CT molecular complexity index is 1110. The molecule has 1 aromatic heterocycles. The van der Waals surface area contributed by atoms with Gasteiger partial charge in [0.05, 0.1) is 31.5 Å². The minimum atomic E-state index is -0.434. The summed E-state index contributed by atoms with van der Waals surface area (Å²) < 4.78 is 16.9. The molecule has 4 rings (SSSR count). The van der Waals surface area contributed by atoms with Crippen LogP contribution in [0.1, 0.15) is 42.1 Å². The zero-order chi connectivity index (χ0) is 24.6. The van der Waals surface area contributed by atoms with E-state index < -0.39 is 4.92 Å². The predicted octanol–water partition coefficient (Wildman–Crippen LogP) is 6.03. The summed E-state index contributed by atoms with van der Waals surface area (Å²) in [5.41, 5.74) is 3.99. The highest BCUT2D eigenvalue weighted by molar-refractivity contribution is 5.69. The molecule has 1 saturated heterocycles. The lowest BCUT2D eigenvalue weighted by molar-refractivity contribution is -0.385. The lowest BCUT2D eigenvalue weighted by Gasteiger charge is -2.26. The van der Waals surface area contributed by atoms with Crippen LogP contribution in [-0.4, -0.2) is 43.2 Å². The summed E-state index contributed by atoms with van der Waals surface area (Å²) in [6.45, 7) is 8.70. The molecule has 3 aromatic rings. The van der Waals surface area contributed by atoms with Gasteiger partial charge < -0.3 is 18.8 Å². The quantitative estimate of drug-likeness (QED) is 0.191. The third-order valence-corrected chi connectivity index (χ3v) is 6.59. The summed E-state index contributed by atoms with van der Waals surface area (Å²) in [5.74, 6) is 1.08. The van der Waals surface area contributed by atoms with Gasteiger partial charge in [0, 0.05) is 18.5 Å². The van der Waals surface area contributed by atoms with Gasteiger partial charge in [-0.3, -0.25) is 10.1 Å². The molecule has 0 amide bonds. The molecule has 0 saturated carbocycles. The van der Waals surface area contributed by atoms with Crippen molar-refractivity contribution < 1.29 is 18.8 Å². The van der Waals surface area contributed by atoms with Gasteiger partial charge in [0.15, 0.2) is 5.75 Å². The van der Waals surface area contributed by atoms with E-state index in [0.29, 0.717) is 13.2 Å². The molecule has 7 nitrogen and oxygen atoms in total. The zero-order valence-electron chi connectivity index (χ0n) is 20.3. The summed E-state index contributed by atoms with van der Waals surface area (Å²) in [5, 5.41) is 11.3. The van der Waals surface area contributed by atoms with Gasteiger partial charge in [0.1, 0.15) is 5.76 Å². The Morgan fingerprint density at radius 2 is 1.86 bits per heavy atom. The Balaban J connectivity index is 1.53. The summed E-state index contributed by atoms with van der Waals surface area (Å²) in [6, 6.07) is 15.0. The van der Waals surface area contributed by atoms with Crippen LogP contribution in [0.25, 0.3) is 11.1 Å². The molecule has 7 heteroatoms. The average Bonchev–Trinajstić information content (AvgIpc) is 3.43. The molecule has 1 fully saturated rings. The first kappa shape index (κ1) is 24.9. The SMILES string of the molecule is [CH2]C(Cc1ccc(-c2ccc([N+](=O)[O-])c(OC)c2)cc1COCCN1CCCCC1)c1ccco1. The van der Waals surface area contributed by atoms with Gasteiger partial charge in [-0.15, -0.1) is 0 Å². The third kappa shape index (κ3) is 6.50. The average molecular weight is 478 g/mol. The van der Waals surface area contributed by atoms with E-state index in [-0.39, 0.29) is 17.4 Å². The van der Waals surface area contributed by atoms with Crippen molar-refractivity contribution in [3.63, 3.8) is 0 Å². The lowest BCUT2D eigenvalue weighted by Crippen LogP contribution is -2.32. The number of likely N-dealkylation sites (tertiary alicyclic amines) is 1. The van der Waals surface area contributed by atoms with E-state index in [1.54, 1.807) is 18.4 Å². The van der Waals surface area contributed by atoms with Gasteiger partial charge in [-0.2, -0.15) is 0 Å². The number of nitro groups is 1. The molecule has 0 spiro atoms. The Morgan fingerprint density at radius 1 is 1.09 bits per heavy atom. The van der Waals surface area contributed by atoms with E-state index >= 15 is 0 Å². The van der Waals surface area contributed by atoms with Crippen LogP contribution >= 0.6 is 0 Å². The molecule has 2 aromatic carbocycles. The van der Waals surface area contributed by atoms with Crippen LogP contribution in [0.15, 0.2) is 59.2 Å². The molecular formula is C28H33N2O5. The Morgan fingerprint density at radius 3 is 2.57 bits per heavy atom. The van der Waals surface area contributed by atoms with Crippen molar-refractivity contribution in [1.82, 2.24) is 4.90 Å². The molecule has 1 unspecified atom stereocenters. The second-order valence-electron chi connectivity index (χ2n) is 9.00. The van der Waals surface area contributed by atoms with Gasteiger partial charge in [-0.1, -0.05) is 18.6 Å². The number of hydrogen-bond donors (Lipinski definition) is 0. The van der Waals surface area contributed by atoms with E-state index in [1.807, 2.05) is 18.2 Å².